The lowest BCUT2D eigenvalue weighted by Gasteiger charge is -2.10. The molecule has 0 spiro atoms. The van der Waals surface area contributed by atoms with Crippen LogP contribution in [0.2, 0.25) is 0 Å². The molecule has 2 heterocycles. The molecule has 2 aromatic heterocycles. The summed E-state index contributed by atoms with van der Waals surface area (Å²) in [6.07, 6.45) is 0.659. The molecule has 2 aromatic carbocycles. The number of hydrazine groups is 1. The molecular formula is C21H18N4O4. The summed E-state index contributed by atoms with van der Waals surface area (Å²) in [6.45, 7) is 1.94. The Kier molecular flexibility index (Phi) is 4.82. The van der Waals surface area contributed by atoms with Crippen molar-refractivity contribution in [2.24, 2.45) is 0 Å². The summed E-state index contributed by atoms with van der Waals surface area (Å²) in [5, 5.41) is 0.612. The van der Waals surface area contributed by atoms with Crippen LogP contribution in [0, 0.1) is 0 Å². The number of para-hydroxylation sites is 3. The first-order valence-corrected chi connectivity index (χ1v) is 9.13. The number of rotatable bonds is 4. The van der Waals surface area contributed by atoms with Gasteiger partial charge in [0.2, 0.25) is 0 Å². The van der Waals surface area contributed by atoms with Crippen molar-refractivity contribution in [3.05, 3.63) is 76.4 Å². The molecule has 29 heavy (non-hydrogen) atoms. The number of hydrogen-bond acceptors (Lipinski definition) is 5. The van der Waals surface area contributed by atoms with Gasteiger partial charge >= 0.3 is 5.63 Å². The topological polar surface area (TPSA) is 106 Å². The van der Waals surface area contributed by atoms with Gasteiger partial charge in [0.15, 0.2) is 0 Å². The van der Waals surface area contributed by atoms with Gasteiger partial charge in [-0.3, -0.25) is 20.4 Å². The van der Waals surface area contributed by atoms with Crippen LogP contribution in [0.5, 0.6) is 0 Å². The molecule has 0 saturated carbocycles. The summed E-state index contributed by atoms with van der Waals surface area (Å²) in [7, 11) is 0. The third-order valence-corrected chi connectivity index (χ3v) is 4.55. The molecule has 2 amide bonds. The lowest BCUT2D eigenvalue weighted by Crippen LogP contribution is -2.44. The van der Waals surface area contributed by atoms with Crippen molar-refractivity contribution in [3.63, 3.8) is 0 Å². The van der Waals surface area contributed by atoms with E-state index < -0.39 is 17.4 Å². The summed E-state index contributed by atoms with van der Waals surface area (Å²) in [6, 6.07) is 15.8. The standard InChI is InChI=1S/C21H18N4O4/c1-2-18-22-15-8-4-5-9-16(15)25(18)12-19(26)23-24-20(27)14-11-13-7-3-6-10-17(13)29-21(14)28/h3-11H,2,12H2,1H3,(H,23,26)(H,24,27). The largest absolute Gasteiger partial charge is 0.422 e. The van der Waals surface area contributed by atoms with Crippen LogP contribution in [0.15, 0.2) is 63.8 Å². The van der Waals surface area contributed by atoms with Gasteiger partial charge in [0.1, 0.15) is 23.5 Å². The number of nitrogens with one attached hydrogen (secondary N) is 2. The average molecular weight is 390 g/mol. The van der Waals surface area contributed by atoms with Gasteiger partial charge in [-0.2, -0.15) is 0 Å². The predicted octanol–water partition coefficient (Wildman–Crippen LogP) is 2.17. The van der Waals surface area contributed by atoms with Gasteiger partial charge in [-0.05, 0) is 24.3 Å². The highest BCUT2D eigenvalue weighted by molar-refractivity contribution is 5.97. The van der Waals surface area contributed by atoms with E-state index in [0.29, 0.717) is 17.4 Å². The quantitative estimate of drug-likeness (QED) is 0.410. The maximum absolute atomic E-state index is 12.4. The summed E-state index contributed by atoms with van der Waals surface area (Å²) in [5.74, 6) is -0.423. The summed E-state index contributed by atoms with van der Waals surface area (Å²) in [4.78, 5) is 41.3. The second-order valence-electron chi connectivity index (χ2n) is 6.44. The van der Waals surface area contributed by atoms with E-state index in [1.807, 2.05) is 31.2 Å². The Labute approximate surface area is 165 Å². The van der Waals surface area contributed by atoms with Gasteiger partial charge in [0.25, 0.3) is 11.8 Å². The van der Waals surface area contributed by atoms with Crippen molar-refractivity contribution in [2.45, 2.75) is 19.9 Å². The number of carbonyl (C=O) groups is 2. The van der Waals surface area contributed by atoms with Crippen molar-refractivity contribution in [3.8, 4) is 0 Å². The Balaban J connectivity index is 1.48. The summed E-state index contributed by atoms with van der Waals surface area (Å²) in [5.41, 5.74) is 5.67. The van der Waals surface area contributed by atoms with Crippen LogP contribution in [0.3, 0.4) is 0 Å². The Morgan fingerprint density at radius 2 is 1.83 bits per heavy atom. The van der Waals surface area contributed by atoms with Crippen LogP contribution in [0.1, 0.15) is 23.1 Å². The van der Waals surface area contributed by atoms with E-state index in [-0.39, 0.29) is 12.1 Å². The molecule has 0 aliphatic rings. The van der Waals surface area contributed by atoms with Crippen molar-refractivity contribution >= 4 is 33.8 Å². The van der Waals surface area contributed by atoms with E-state index >= 15 is 0 Å². The zero-order valence-electron chi connectivity index (χ0n) is 15.6. The van der Waals surface area contributed by atoms with Crippen LogP contribution in [0.25, 0.3) is 22.0 Å². The number of carbonyl (C=O) groups excluding carboxylic acids is 2. The van der Waals surface area contributed by atoms with Crippen LogP contribution >= 0.6 is 0 Å². The number of hydrogen-bond donors (Lipinski definition) is 2. The summed E-state index contributed by atoms with van der Waals surface area (Å²) >= 11 is 0. The maximum Gasteiger partial charge on any atom is 0.349 e. The maximum atomic E-state index is 12.4. The molecule has 0 fully saturated rings. The number of aromatic nitrogens is 2. The smallest absolute Gasteiger partial charge is 0.349 e. The van der Waals surface area contributed by atoms with Crippen LogP contribution in [-0.4, -0.2) is 21.4 Å². The van der Waals surface area contributed by atoms with E-state index in [2.05, 4.69) is 15.8 Å². The van der Waals surface area contributed by atoms with Crippen molar-refractivity contribution in [1.82, 2.24) is 20.4 Å². The van der Waals surface area contributed by atoms with E-state index in [0.717, 1.165) is 16.9 Å². The predicted molar refractivity (Wildman–Crippen MR) is 107 cm³/mol. The first kappa shape index (κ1) is 18.4. The minimum Gasteiger partial charge on any atom is -0.422 e. The van der Waals surface area contributed by atoms with Crippen LogP contribution < -0.4 is 16.5 Å². The normalized spacial score (nSPS) is 10.9. The highest BCUT2D eigenvalue weighted by Crippen LogP contribution is 2.16. The van der Waals surface area contributed by atoms with Crippen molar-refractivity contribution < 1.29 is 14.0 Å². The molecule has 4 rings (SSSR count). The Morgan fingerprint density at radius 1 is 1.07 bits per heavy atom. The fourth-order valence-corrected chi connectivity index (χ4v) is 3.17. The highest BCUT2D eigenvalue weighted by Gasteiger charge is 2.16. The molecule has 0 radical (unpaired) electrons. The van der Waals surface area contributed by atoms with Gasteiger partial charge in [-0.25, -0.2) is 9.78 Å². The SMILES string of the molecule is CCc1nc2ccccc2n1CC(=O)NNC(=O)c1cc2ccccc2oc1=O. The van der Waals surface area contributed by atoms with E-state index in [1.54, 1.807) is 28.8 Å². The summed E-state index contributed by atoms with van der Waals surface area (Å²) < 4.78 is 6.94. The Hall–Kier alpha value is -3.94. The minimum absolute atomic E-state index is 0.0176. The minimum atomic E-state index is -0.774. The lowest BCUT2D eigenvalue weighted by atomic mass is 10.2. The third kappa shape index (κ3) is 3.60. The molecule has 8 nitrogen and oxygen atoms in total. The van der Waals surface area contributed by atoms with Crippen LogP contribution in [0.4, 0.5) is 0 Å². The number of fused-ring (bicyclic) bond motifs is 2. The van der Waals surface area contributed by atoms with Gasteiger partial charge in [-0.15, -0.1) is 0 Å². The lowest BCUT2D eigenvalue weighted by molar-refractivity contribution is -0.122. The Bertz CT molecular complexity index is 1290. The van der Waals surface area contributed by atoms with E-state index in [1.165, 1.54) is 6.07 Å². The molecule has 0 bridgehead atoms. The Morgan fingerprint density at radius 3 is 2.66 bits per heavy atom. The van der Waals surface area contributed by atoms with Gasteiger partial charge in [-0.1, -0.05) is 37.3 Å². The molecule has 8 heteroatoms. The van der Waals surface area contributed by atoms with Gasteiger partial charge in [0.05, 0.1) is 11.0 Å². The fraction of sp³-hybridized carbons (Fsp3) is 0.143. The van der Waals surface area contributed by atoms with E-state index in [9.17, 15) is 14.4 Å². The molecule has 4 aromatic rings. The van der Waals surface area contributed by atoms with Crippen molar-refractivity contribution in [1.29, 1.82) is 0 Å². The molecule has 0 aliphatic heterocycles. The molecule has 0 aliphatic carbocycles. The monoisotopic (exact) mass is 390 g/mol. The number of benzene rings is 2. The molecule has 0 unspecified atom stereocenters. The number of nitrogens with zero attached hydrogens (tertiary/aromatic N) is 2. The fourth-order valence-electron chi connectivity index (χ4n) is 3.17. The second-order valence-corrected chi connectivity index (χ2v) is 6.44. The number of imidazole rings is 1. The van der Waals surface area contributed by atoms with Gasteiger partial charge in [0, 0.05) is 11.8 Å². The highest BCUT2D eigenvalue weighted by atomic mass is 16.4. The average Bonchev–Trinajstić information content (AvgIpc) is 3.09. The van der Waals surface area contributed by atoms with Crippen molar-refractivity contribution in [2.75, 3.05) is 0 Å². The first-order chi connectivity index (χ1) is 14.1. The second kappa shape index (κ2) is 7.59. The van der Waals surface area contributed by atoms with E-state index in [4.69, 9.17) is 4.42 Å². The number of amides is 2. The molecule has 146 valence electrons. The third-order valence-electron chi connectivity index (χ3n) is 4.55. The van der Waals surface area contributed by atoms with Crippen LogP contribution in [-0.2, 0) is 17.8 Å². The first-order valence-electron chi connectivity index (χ1n) is 9.13. The zero-order chi connectivity index (χ0) is 20.4. The number of aryl methyl sites for hydroxylation is 1. The molecule has 0 saturated heterocycles. The zero-order valence-corrected chi connectivity index (χ0v) is 15.6. The molecule has 0 atom stereocenters. The molecular weight excluding hydrogens is 372 g/mol. The van der Waals surface area contributed by atoms with Gasteiger partial charge < -0.3 is 8.98 Å². The molecule has 2 N–H and O–H groups in total.